The van der Waals surface area contributed by atoms with Gasteiger partial charge in [0.1, 0.15) is 5.15 Å². The molecule has 0 fully saturated rings. The van der Waals surface area contributed by atoms with Crippen LogP contribution in [0.1, 0.15) is 23.6 Å². The number of hydrogen-bond donors (Lipinski definition) is 2. The Kier molecular flexibility index (Phi) is 4.73. The number of nitrogens with one attached hydrogen (secondary N) is 2. The van der Waals surface area contributed by atoms with Crippen LogP contribution in [0.4, 0.5) is 0 Å². The van der Waals surface area contributed by atoms with Gasteiger partial charge in [-0.2, -0.15) is 0 Å². The van der Waals surface area contributed by atoms with E-state index in [2.05, 4.69) is 26.2 Å². The van der Waals surface area contributed by atoms with Crippen LogP contribution in [0.5, 0.6) is 0 Å². The number of H-pyrrole nitrogens is 1. The molecule has 2 N–H and O–H groups in total. The van der Waals surface area contributed by atoms with Crippen LogP contribution in [0.2, 0.25) is 5.15 Å². The molecule has 0 unspecified atom stereocenters. The molecular weight excluding hydrogens is 440 g/mol. The van der Waals surface area contributed by atoms with E-state index in [0.29, 0.717) is 21.9 Å². The van der Waals surface area contributed by atoms with Crippen LogP contribution in [-0.4, -0.2) is 16.8 Å². The summed E-state index contributed by atoms with van der Waals surface area (Å²) in [6.45, 7) is 3.83. The number of amides is 2. The number of carbonyl (C=O) groups is 2. The Bertz CT molecular complexity index is 1220. The summed E-state index contributed by atoms with van der Waals surface area (Å²) in [4.78, 5) is 28.7. The van der Waals surface area contributed by atoms with Crippen LogP contribution < -0.4 is 5.32 Å². The third-order valence-corrected chi connectivity index (χ3v) is 5.67. The average molecular weight is 456 g/mol. The van der Waals surface area contributed by atoms with Gasteiger partial charge in [-0.3, -0.25) is 14.9 Å². The zero-order chi connectivity index (χ0) is 20.0. The van der Waals surface area contributed by atoms with E-state index in [1.54, 1.807) is 0 Å². The molecular formula is C22H16BrClN2O2. The smallest absolute Gasteiger partial charge is 0.259 e. The molecule has 0 saturated heterocycles. The quantitative estimate of drug-likeness (QED) is 0.519. The van der Waals surface area contributed by atoms with Crippen molar-refractivity contribution in [3.8, 4) is 0 Å². The number of aryl methyl sites for hydroxylation is 1. The lowest BCUT2D eigenvalue weighted by Crippen LogP contribution is -2.23. The van der Waals surface area contributed by atoms with E-state index in [1.807, 2.05) is 62.4 Å². The molecule has 6 heteroatoms. The molecule has 1 aliphatic rings. The van der Waals surface area contributed by atoms with Crippen molar-refractivity contribution in [1.29, 1.82) is 0 Å². The molecule has 2 aromatic carbocycles. The minimum atomic E-state index is -0.448. The highest BCUT2D eigenvalue weighted by Gasteiger charge is 2.36. The number of imide groups is 1. The maximum atomic E-state index is 12.8. The highest BCUT2D eigenvalue weighted by molar-refractivity contribution is 9.10. The summed E-state index contributed by atoms with van der Waals surface area (Å²) in [5.41, 5.74) is 4.57. The van der Waals surface area contributed by atoms with Crippen molar-refractivity contribution in [2.75, 3.05) is 0 Å². The fourth-order valence-corrected chi connectivity index (χ4v) is 4.30. The molecule has 1 aliphatic heterocycles. The Balaban J connectivity index is 2.06. The summed E-state index contributed by atoms with van der Waals surface area (Å²) in [6.07, 6.45) is 1.86. The van der Waals surface area contributed by atoms with Gasteiger partial charge >= 0.3 is 0 Å². The maximum Gasteiger partial charge on any atom is 0.259 e. The maximum absolute atomic E-state index is 12.8. The lowest BCUT2D eigenvalue weighted by molar-refractivity contribution is -0.123. The van der Waals surface area contributed by atoms with Gasteiger partial charge in [0.2, 0.25) is 0 Å². The molecule has 0 bridgehead atoms. The lowest BCUT2D eigenvalue weighted by Gasteiger charge is -2.12. The van der Waals surface area contributed by atoms with Crippen molar-refractivity contribution >= 4 is 61.4 Å². The van der Waals surface area contributed by atoms with Crippen molar-refractivity contribution in [1.82, 2.24) is 10.3 Å². The number of aromatic amines is 1. The van der Waals surface area contributed by atoms with Gasteiger partial charge in [0.05, 0.1) is 11.1 Å². The normalized spacial score (nSPS) is 14.9. The van der Waals surface area contributed by atoms with Crippen molar-refractivity contribution in [3.63, 3.8) is 0 Å². The van der Waals surface area contributed by atoms with Gasteiger partial charge in [-0.1, -0.05) is 57.9 Å². The van der Waals surface area contributed by atoms with E-state index < -0.39 is 11.8 Å². The summed E-state index contributed by atoms with van der Waals surface area (Å²) in [6, 6.07) is 13.4. The number of benzene rings is 2. The molecule has 4 rings (SSSR count). The highest BCUT2D eigenvalue weighted by atomic mass is 79.9. The monoisotopic (exact) mass is 454 g/mol. The van der Waals surface area contributed by atoms with Gasteiger partial charge in [-0.15, -0.1) is 0 Å². The van der Waals surface area contributed by atoms with Crippen molar-refractivity contribution in [2.24, 2.45) is 0 Å². The van der Waals surface area contributed by atoms with Crippen molar-refractivity contribution < 1.29 is 9.59 Å². The topological polar surface area (TPSA) is 62.0 Å². The minimum Gasteiger partial charge on any atom is -0.345 e. The zero-order valence-electron chi connectivity index (χ0n) is 15.2. The Labute approximate surface area is 175 Å². The van der Waals surface area contributed by atoms with Gasteiger partial charge in [0.25, 0.3) is 11.8 Å². The molecule has 0 saturated carbocycles. The molecule has 140 valence electrons. The average Bonchev–Trinajstić information content (AvgIpc) is 3.12. The number of halogens is 2. The van der Waals surface area contributed by atoms with E-state index >= 15 is 0 Å². The molecule has 4 nitrogen and oxygen atoms in total. The zero-order valence-corrected chi connectivity index (χ0v) is 17.5. The second kappa shape index (κ2) is 7.08. The summed E-state index contributed by atoms with van der Waals surface area (Å²) in [5, 5.41) is 3.54. The first-order chi connectivity index (χ1) is 13.4. The van der Waals surface area contributed by atoms with E-state index in [1.165, 1.54) is 0 Å². The van der Waals surface area contributed by atoms with Crippen molar-refractivity contribution in [3.05, 3.63) is 80.4 Å². The first kappa shape index (κ1) is 18.7. The second-order valence-electron chi connectivity index (χ2n) is 6.55. The minimum absolute atomic E-state index is 0.288. The van der Waals surface area contributed by atoms with Gasteiger partial charge in [-0.25, -0.2) is 0 Å². The van der Waals surface area contributed by atoms with E-state index in [0.717, 1.165) is 26.5 Å². The molecule has 3 aromatic rings. The fraction of sp³-hybridized carbons (Fsp3) is 0.0909. The SMILES string of the molecule is C/C=C(/C1=C(c2c(Cl)[nH]c3ccc(Br)cc23)C(=O)NC1=O)c1ccccc1C. The summed E-state index contributed by atoms with van der Waals surface area (Å²) in [5.74, 6) is -0.868. The third kappa shape index (κ3) is 2.91. The Hall–Kier alpha value is -2.63. The largest absolute Gasteiger partial charge is 0.345 e. The first-order valence-electron chi connectivity index (χ1n) is 8.72. The van der Waals surface area contributed by atoms with Crippen LogP contribution in [0.3, 0.4) is 0 Å². The van der Waals surface area contributed by atoms with E-state index in [4.69, 9.17) is 11.6 Å². The number of carbonyl (C=O) groups excluding carboxylic acids is 2. The number of hydrogen-bond acceptors (Lipinski definition) is 2. The number of fused-ring (bicyclic) bond motifs is 1. The van der Waals surface area contributed by atoms with Crippen LogP contribution >= 0.6 is 27.5 Å². The predicted molar refractivity (Wildman–Crippen MR) is 116 cm³/mol. The molecule has 0 radical (unpaired) electrons. The predicted octanol–water partition coefficient (Wildman–Crippen LogP) is 5.41. The first-order valence-corrected chi connectivity index (χ1v) is 9.89. The lowest BCUT2D eigenvalue weighted by atomic mass is 9.89. The molecule has 2 amide bonds. The van der Waals surface area contributed by atoms with Gasteiger partial charge in [0, 0.05) is 20.9 Å². The summed E-state index contributed by atoms with van der Waals surface area (Å²) >= 11 is 9.95. The Morgan fingerprint density at radius 2 is 1.86 bits per heavy atom. The van der Waals surface area contributed by atoms with Gasteiger partial charge < -0.3 is 4.98 Å². The number of aromatic nitrogens is 1. The van der Waals surface area contributed by atoms with Gasteiger partial charge in [0.15, 0.2) is 0 Å². The van der Waals surface area contributed by atoms with E-state index in [-0.39, 0.29) is 5.57 Å². The number of rotatable bonds is 3. The standard InChI is InChI=1S/C22H16BrClN2O2/c1-3-13(14-7-5-4-6-11(14)2)18-19(22(28)26-21(18)27)17-15-10-12(23)8-9-16(15)25-20(17)24/h3-10,25H,1-2H3,(H,26,27,28)/b13-3+. The Morgan fingerprint density at radius 3 is 2.57 bits per heavy atom. The van der Waals surface area contributed by atoms with Crippen LogP contribution in [0.25, 0.3) is 22.0 Å². The fourth-order valence-electron chi connectivity index (χ4n) is 3.64. The van der Waals surface area contributed by atoms with Crippen LogP contribution in [0, 0.1) is 6.92 Å². The molecule has 1 aromatic heterocycles. The van der Waals surface area contributed by atoms with Crippen LogP contribution in [0.15, 0.2) is 58.6 Å². The molecule has 0 aliphatic carbocycles. The molecule has 28 heavy (non-hydrogen) atoms. The molecule has 0 atom stereocenters. The summed E-state index contributed by atoms with van der Waals surface area (Å²) in [7, 11) is 0. The second-order valence-corrected chi connectivity index (χ2v) is 7.85. The third-order valence-electron chi connectivity index (χ3n) is 4.89. The molecule has 2 heterocycles. The number of allylic oxidation sites excluding steroid dienone is 1. The highest BCUT2D eigenvalue weighted by Crippen LogP contribution is 2.41. The summed E-state index contributed by atoms with van der Waals surface area (Å²) < 4.78 is 0.856. The molecule has 0 spiro atoms. The van der Waals surface area contributed by atoms with Crippen molar-refractivity contribution in [2.45, 2.75) is 13.8 Å². The van der Waals surface area contributed by atoms with Gasteiger partial charge in [-0.05, 0) is 48.7 Å². The van der Waals surface area contributed by atoms with E-state index in [9.17, 15) is 9.59 Å². The Morgan fingerprint density at radius 1 is 1.11 bits per heavy atom. The van der Waals surface area contributed by atoms with Crippen LogP contribution in [-0.2, 0) is 9.59 Å².